The molecule has 0 saturated carbocycles. The van der Waals surface area contributed by atoms with Crippen molar-refractivity contribution in [3.8, 4) is 0 Å². The largest absolute Gasteiger partial charge is 0.350 e. The van der Waals surface area contributed by atoms with Gasteiger partial charge in [0.15, 0.2) is 5.16 Å². The molecule has 132 valence electrons. The number of nitrogens with zero attached hydrogens (tertiary/aromatic N) is 4. The van der Waals surface area contributed by atoms with E-state index in [1.165, 1.54) is 0 Å². The number of thioether (sulfide) groups is 1. The van der Waals surface area contributed by atoms with Crippen molar-refractivity contribution in [1.82, 2.24) is 24.8 Å². The number of hydrogen-bond donors (Lipinski definition) is 1. The van der Waals surface area contributed by atoms with Crippen molar-refractivity contribution in [3.05, 3.63) is 42.0 Å². The van der Waals surface area contributed by atoms with Gasteiger partial charge in [0.05, 0.1) is 24.4 Å². The highest BCUT2D eigenvalue weighted by Gasteiger charge is 2.34. The minimum absolute atomic E-state index is 0.00852. The average molecular weight is 359 g/mol. The third kappa shape index (κ3) is 4.01. The maximum absolute atomic E-state index is 12.4. The lowest BCUT2D eigenvalue weighted by molar-refractivity contribution is -0.129. The topological polar surface area (TPSA) is 80.1 Å². The van der Waals surface area contributed by atoms with Gasteiger partial charge in [-0.15, -0.1) is 0 Å². The van der Waals surface area contributed by atoms with E-state index in [0.717, 1.165) is 16.4 Å². The van der Waals surface area contributed by atoms with Crippen LogP contribution in [-0.2, 0) is 29.7 Å². The fraction of sp³-hybridized carbons (Fsp3) is 0.412. The molecule has 1 aliphatic rings. The van der Waals surface area contributed by atoms with E-state index in [2.05, 4.69) is 15.3 Å². The first-order valence-electron chi connectivity index (χ1n) is 8.07. The molecule has 0 radical (unpaired) electrons. The molecule has 2 aromatic heterocycles. The molecular weight excluding hydrogens is 338 g/mol. The summed E-state index contributed by atoms with van der Waals surface area (Å²) in [4.78, 5) is 34.7. The van der Waals surface area contributed by atoms with Crippen molar-refractivity contribution in [3.63, 3.8) is 0 Å². The SMILES string of the molecule is CSc1ncc(CNC(=O)C2CC(=O)N(Cc3cccnc3)C2)n1C. The summed E-state index contributed by atoms with van der Waals surface area (Å²) in [5, 5.41) is 3.83. The predicted molar refractivity (Wildman–Crippen MR) is 94.6 cm³/mol. The molecular formula is C17H21N5O2S. The second-order valence-corrected chi connectivity index (χ2v) is 6.82. The lowest BCUT2D eigenvalue weighted by atomic mass is 10.1. The van der Waals surface area contributed by atoms with E-state index in [9.17, 15) is 9.59 Å². The van der Waals surface area contributed by atoms with Gasteiger partial charge < -0.3 is 14.8 Å². The van der Waals surface area contributed by atoms with Crippen LogP contribution in [0.25, 0.3) is 0 Å². The molecule has 25 heavy (non-hydrogen) atoms. The van der Waals surface area contributed by atoms with Crippen molar-refractivity contribution in [2.24, 2.45) is 13.0 Å². The van der Waals surface area contributed by atoms with Crippen LogP contribution >= 0.6 is 11.8 Å². The standard InChI is InChI=1S/C17H21N5O2S/c1-21-14(9-20-17(21)25-2)8-19-16(24)13-6-15(23)22(11-13)10-12-4-3-5-18-7-12/h3-5,7,9,13H,6,8,10-11H2,1-2H3,(H,19,24). The Morgan fingerprint density at radius 2 is 2.28 bits per heavy atom. The first kappa shape index (κ1) is 17.5. The highest BCUT2D eigenvalue weighted by molar-refractivity contribution is 7.98. The Hall–Kier alpha value is -2.35. The van der Waals surface area contributed by atoms with E-state index in [0.29, 0.717) is 19.6 Å². The van der Waals surface area contributed by atoms with E-state index >= 15 is 0 Å². The molecule has 8 heteroatoms. The number of imidazole rings is 1. The molecule has 1 aliphatic heterocycles. The fourth-order valence-corrected chi connectivity index (χ4v) is 3.46. The van der Waals surface area contributed by atoms with Gasteiger partial charge in [0.1, 0.15) is 0 Å². The molecule has 2 aromatic rings. The number of carbonyl (C=O) groups excluding carboxylic acids is 2. The van der Waals surface area contributed by atoms with Gasteiger partial charge in [0.2, 0.25) is 11.8 Å². The van der Waals surface area contributed by atoms with Crippen molar-refractivity contribution >= 4 is 23.6 Å². The molecule has 3 heterocycles. The Balaban J connectivity index is 1.54. The highest BCUT2D eigenvalue weighted by Crippen LogP contribution is 2.20. The summed E-state index contributed by atoms with van der Waals surface area (Å²) in [6.45, 7) is 1.35. The van der Waals surface area contributed by atoms with Gasteiger partial charge in [-0.1, -0.05) is 17.8 Å². The summed E-state index contributed by atoms with van der Waals surface area (Å²) in [5.41, 5.74) is 1.91. The number of pyridine rings is 1. The predicted octanol–water partition coefficient (Wildman–Crippen LogP) is 1.20. The van der Waals surface area contributed by atoms with Crippen LogP contribution in [0.2, 0.25) is 0 Å². The van der Waals surface area contributed by atoms with Gasteiger partial charge >= 0.3 is 0 Å². The smallest absolute Gasteiger partial charge is 0.225 e. The number of amides is 2. The van der Waals surface area contributed by atoms with E-state index in [-0.39, 0.29) is 24.2 Å². The third-order valence-corrected chi connectivity index (χ3v) is 5.09. The summed E-state index contributed by atoms with van der Waals surface area (Å²) in [5.74, 6) is -0.388. The number of likely N-dealkylation sites (tertiary alicyclic amines) is 1. The molecule has 1 saturated heterocycles. The lowest BCUT2D eigenvalue weighted by Gasteiger charge is -2.16. The van der Waals surface area contributed by atoms with Gasteiger partial charge in [0, 0.05) is 39.0 Å². The Morgan fingerprint density at radius 3 is 2.96 bits per heavy atom. The first-order chi connectivity index (χ1) is 12.1. The molecule has 2 amide bonds. The monoisotopic (exact) mass is 359 g/mol. The van der Waals surface area contributed by atoms with Gasteiger partial charge in [0.25, 0.3) is 0 Å². The van der Waals surface area contributed by atoms with Gasteiger partial charge in [-0.3, -0.25) is 14.6 Å². The molecule has 0 aromatic carbocycles. The number of aromatic nitrogens is 3. The minimum Gasteiger partial charge on any atom is -0.350 e. The van der Waals surface area contributed by atoms with Crippen molar-refractivity contribution in [1.29, 1.82) is 0 Å². The Kier molecular flexibility index (Phi) is 5.37. The quantitative estimate of drug-likeness (QED) is 0.784. The van der Waals surface area contributed by atoms with Crippen LogP contribution in [0.4, 0.5) is 0 Å². The van der Waals surface area contributed by atoms with Crippen LogP contribution < -0.4 is 5.32 Å². The van der Waals surface area contributed by atoms with Crippen molar-refractivity contribution < 1.29 is 9.59 Å². The normalized spacial score (nSPS) is 17.1. The van der Waals surface area contributed by atoms with E-state index in [4.69, 9.17) is 0 Å². The van der Waals surface area contributed by atoms with Crippen LogP contribution in [0.1, 0.15) is 17.7 Å². The van der Waals surface area contributed by atoms with Crippen molar-refractivity contribution in [2.45, 2.75) is 24.7 Å². The molecule has 1 unspecified atom stereocenters. The molecule has 0 bridgehead atoms. The molecule has 0 aliphatic carbocycles. The second-order valence-electron chi connectivity index (χ2n) is 6.05. The van der Waals surface area contributed by atoms with Crippen LogP contribution in [0.15, 0.2) is 35.9 Å². The summed E-state index contributed by atoms with van der Waals surface area (Å²) in [6, 6.07) is 3.77. The summed E-state index contributed by atoms with van der Waals surface area (Å²) in [6.07, 6.45) is 7.43. The van der Waals surface area contributed by atoms with Crippen LogP contribution in [0.3, 0.4) is 0 Å². The van der Waals surface area contributed by atoms with Gasteiger partial charge in [-0.2, -0.15) is 0 Å². The first-order valence-corrected chi connectivity index (χ1v) is 9.30. The van der Waals surface area contributed by atoms with E-state index in [1.54, 1.807) is 35.3 Å². The molecule has 1 fully saturated rings. The minimum atomic E-state index is -0.308. The Morgan fingerprint density at radius 1 is 1.44 bits per heavy atom. The molecule has 7 nitrogen and oxygen atoms in total. The fourth-order valence-electron chi connectivity index (χ4n) is 2.91. The third-order valence-electron chi connectivity index (χ3n) is 4.35. The maximum Gasteiger partial charge on any atom is 0.225 e. The average Bonchev–Trinajstić information content (AvgIpc) is 3.16. The van der Waals surface area contributed by atoms with Crippen LogP contribution in [0.5, 0.6) is 0 Å². The molecule has 0 spiro atoms. The summed E-state index contributed by atoms with van der Waals surface area (Å²) < 4.78 is 1.96. The zero-order valence-corrected chi connectivity index (χ0v) is 15.1. The lowest BCUT2D eigenvalue weighted by Crippen LogP contribution is -2.33. The summed E-state index contributed by atoms with van der Waals surface area (Å²) >= 11 is 1.56. The maximum atomic E-state index is 12.4. The van der Waals surface area contributed by atoms with E-state index < -0.39 is 0 Å². The van der Waals surface area contributed by atoms with Crippen LogP contribution in [0, 0.1) is 5.92 Å². The van der Waals surface area contributed by atoms with Gasteiger partial charge in [-0.25, -0.2) is 4.98 Å². The van der Waals surface area contributed by atoms with Crippen LogP contribution in [-0.4, -0.2) is 44.0 Å². The highest BCUT2D eigenvalue weighted by atomic mass is 32.2. The Bertz CT molecular complexity index is 762. The molecule has 1 N–H and O–H groups in total. The van der Waals surface area contributed by atoms with Crippen molar-refractivity contribution in [2.75, 3.05) is 12.8 Å². The molecule has 1 atom stereocenters. The number of hydrogen-bond acceptors (Lipinski definition) is 5. The van der Waals surface area contributed by atoms with Gasteiger partial charge in [-0.05, 0) is 17.9 Å². The molecule has 3 rings (SSSR count). The number of carbonyl (C=O) groups is 2. The zero-order chi connectivity index (χ0) is 17.8. The Labute approximate surface area is 150 Å². The summed E-state index contributed by atoms with van der Waals surface area (Å²) in [7, 11) is 1.93. The zero-order valence-electron chi connectivity index (χ0n) is 14.3. The number of rotatable bonds is 6. The second kappa shape index (κ2) is 7.69. The number of nitrogens with one attached hydrogen (secondary N) is 1. The van der Waals surface area contributed by atoms with E-state index in [1.807, 2.05) is 30.0 Å².